The van der Waals surface area contributed by atoms with E-state index in [4.69, 9.17) is 0 Å². The number of nitrogens with one attached hydrogen (secondary N) is 1. The lowest BCUT2D eigenvalue weighted by atomic mass is 10.1. The van der Waals surface area contributed by atoms with E-state index < -0.39 is 17.5 Å². The molecule has 0 aliphatic heterocycles. The van der Waals surface area contributed by atoms with E-state index in [0.717, 1.165) is 6.07 Å². The monoisotopic (exact) mass is 263 g/mol. The van der Waals surface area contributed by atoms with Crippen LogP contribution in [0.25, 0.3) is 0 Å². The van der Waals surface area contributed by atoms with E-state index in [2.05, 4.69) is 5.32 Å². The number of hydrogen-bond acceptors (Lipinski definition) is 2. The highest BCUT2D eigenvalue weighted by molar-refractivity contribution is 6.04. The van der Waals surface area contributed by atoms with Crippen LogP contribution in [0.2, 0.25) is 0 Å². The number of amides is 1. The highest BCUT2D eigenvalue weighted by atomic mass is 19.2. The maximum Gasteiger partial charge on any atom is 0.255 e. The molecule has 0 aromatic heterocycles. The van der Waals surface area contributed by atoms with Gasteiger partial charge >= 0.3 is 0 Å². The van der Waals surface area contributed by atoms with Gasteiger partial charge in [-0.05, 0) is 42.8 Å². The Balaban J connectivity index is 2.26. The van der Waals surface area contributed by atoms with Crippen molar-refractivity contribution < 1.29 is 18.7 Å². The highest BCUT2D eigenvalue weighted by Gasteiger charge is 2.12. The SMILES string of the molecule is Cc1cc(C(=O)Nc2cccc(F)c2F)ccc1O. The van der Waals surface area contributed by atoms with Gasteiger partial charge in [-0.3, -0.25) is 4.79 Å². The van der Waals surface area contributed by atoms with Crippen molar-refractivity contribution in [2.75, 3.05) is 5.32 Å². The van der Waals surface area contributed by atoms with Gasteiger partial charge < -0.3 is 10.4 Å². The number of phenolic OH excluding ortho intramolecular Hbond substituents is 1. The topological polar surface area (TPSA) is 49.3 Å². The van der Waals surface area contributed by atoms with E-state index in [-0.39, 0.29) is 17.0 Å². The average molecular weight is 263 g/mol. The van der Waals surface area contributed by atoms with E-state index in [1.54, 1.807) is 6.92 Å². The minimum Gasteiger partial charge on any atom is -0.508 e. The van der Waals surface area contributed by atoms with E-state index in [1.807, 2.05) is 0 Å². The van der Waals surface area contributed by atoms with Gasteiger partial charge in [0.05, 0.1) is 5.69 Å². The van der Waals surface area contributed by atoms with Crippen molar-refractivity contribution in [2.24, 2.45) is 0 Å². The molecule has 19 heavy (non-hydrogen) atoms. The molecule has 2 aromatic rings. The van der Waals surface area contributed by atoms with Gasteiger partial charge in [0.2, 0.25) is 0 Å². The Morgan fingerprint density at radius 1 is 1.21 bits per heavy atom. The van der Waals surface area contributed by atoms with Crippen LogP contribution in [0.15, 0.2) is 36.4 Å². The van der Waals surface area contributed by atoms with Crippen molar-refractivity contribution in [2.45, 2.75) is 6.92 Å². The predicted octanol–water partition coefficient (Wildman–Crippen LogP) is 3.23. The van der Waals surface area contributed by atoms with Crippen molar-refractivity contribution in [3.63, 3.8) is 0 Å². The van der Waals surface area contributed by atoms with E-state index in [9.17, 15) is 18.7 Å². The predicted molar refractivity (Wildman–Crippen MR) is 67.2 cm³/mol. The summed E-state index contributed by atoms with van der Waals surface area (Å²) in [5, 5.41) is 11.6. The van der Waals surface area contributed by atoms with Crippen LogP contribution in [0.3, 0.4) is 0 Å². The lowest BCUT2D eigenvalue weighted by molar-refractivity contribution is 0.102. The summed E-state index contributed by atoms with van der Waals surface area (Å²) in [7, 11) is 0. The lowest BCUT2D eigenvalue weighted by Crippen LogP contribution is -2.13. The molecule has 0 unspecified atom stereocenters. The Bertz CT molecular complexity index is 641. The summed E-state index contributed by atoms with van der Waals surface area (Å²) < 4.78 is 26.4. The minimum absolute atomic E-state index is 0.0634. The van der Waals surface area contributed by atoms with Crippen LogP contribution in [0, 0.1) is 18.6 Å². The summed E-state index contributed by atoms with van der Waals surface area (Å²) in [4.78, 5) is 11.9. The second kappa shape index (κ2) is 5.06. The van der Waals surface area contributed by atoms with E-state index in [1.165, 1.54) is 30.3 Å². The zero-order valence-corrected chi connectivity index (χ0v) is 10.1. The third-order valence-electron chi connectivity index (χ3n) is 2.66. The molecule has 2 aromatic carbocycles. The smallest absolute Gasteiger partial charge is 0.255 e. The number of carbonyl (C=O) groups excluding carboxylic acids is 1. The first-order valence-corrected chi connectivity index (χ1v) is 5.54. The van der Waals surface area contributed by atoms with Crippen LogP contribution in [0.1, 0.15) is 15.9 Å². The summed E-state index contributed by atoms with van der Waals surface area (Å²) in [6.45, 7) is 1.63. The van der Waals surface area contributed by atoms with Gasteiger partial charge in [0.15, 0.2) is 11.6 Å². The average Bonchev–Trinajstić information content (AvgIpc) is 2.38. The third-order valence-corrected chi connectivity index (χ3v) is 2.66. The molecular formula is C14H11F2NO2. The second-order valence-electron chi connectivity index (χ2n) is 4.06. The van der Waals surface area contributed by atoms with Gasteiger partial charge in [0.25, 0.3) is 5.91 Å². The standard InChI is InChI=1S/C14H11F2NO2/c1-8-7-9(5-6-12(8)18)14(19)17-11-4-2-3-10(15)13(11)16/h2-7,18H,1H3,(H,17,19). The number of hydrogen-bond donors (Lipinski definition) is 2. The van der Waals surface area contributed by atoms with Crippen molar-refractivity contribution in [3.8, 4) is 5.75 Å². The van der Waals surface area contributed by atoms with Crippen LogP contribution < -0.4 is 5.32 Å². The zero-order chi connectivity index (χ0) is 14.0. The van der Waals surface area contributed by atoms with Crippen LogP contribution in [-0.4, -0.2) is 11.0 Å². The van der Waals surface area contributed by atoms with Crippen molar-refractivity contribution in [1.29, 1.82) is 0 Å². The van der Waals surface area contributed by atoms with Gasteiger partial charge in [-0.15, -0.1) is 0 Å². The van der Waals surface area contributed by atoms with Crippen LogP contribution in [0.5, 0.6) is 5.75 Å². The Labute approximate surface area is 108 Å². The molecule has 0 atom stereocenters. The molecule has 2 N–H and O–H groups in total. The lowest BCUT2D eigenvalue weighted by Gasteiger charge is -2.08. The van der Waals surface area contributed by atoms with E-state index >= 15 is 0 Å². The second-order valence-corrected chi connectivity index (χ2v) is 4.06. The van der Waals surface area contributed by atoms with Gasteiger partial charge in [-0.2, -0.15) is 0 Å². The fourth-order valence-corrected chi connectivity index (χ4v) is 1.59. The van der Waals surface area contributed by atoms with Crippen LogP contribution >= 0.6 is 0 Å². The molecule has 0 bridgehead atoms. The number of aromatic hydroxyl groups is 1. The summed E-state index contributed by atoms with van der Waals surface area (Å²) in [5.41, 5.74) is 0.544. The van der Waals surface area contributed by atoms with Crippen molar-refractivity contribution in [3.05, 3.63) is 59.2 Å². The first kappa shape index (κ1) is 13.0. The summed E-state index contributed by atoms with van der Waals surface area (Å²) in [6.07, 6.45) is 0. The molecule has 0 fully saturated rings. The normalized spacial score (nSPS) is 10.3. The highest BCUT2D eigenvalue weighted by Crippen LogP contribution is 2.20. The Kier molecular flexibility index (Phi) is 3.46. The number of halogens is 2. The molecule has 0 saturated heterocycles. The molecule has 98 valence electrons. The molecule has 0 heterocycles. The number of carbonyl (C=O) groups is 1. The van der Waals surface area contributed by atoms with Crippen molar-refractivity contribution >= 4 is 11.6 Å². The summed E-state index contributed by atoms with van der Waals surface area (Å²) >= 11 is 0. The first-order valence-electron chi connectivity index (χ1n) is 5.54. The minimum atomic E-state index is -1.11. The third kappa shape index (κ3) is 2.70. The quantitative estimate of drug-likeness (QED) is 0.873. The van der Waals surface area contributed by atoms with Crippen LogP contribution in [-0.2, 0) is 0 Å². The molecule has 5 heteroatoms. The number of benzene rings is 2. The molecule has 0 spiro atoms. The maximum atomic E-state index is 13.4. The van der Waals surface area contributed by atoms with Gasteiger partial charge in [0, 0.05) is 5.56 Å². The molecule has 1 amide bonds. The van der Waals surface area contributed by atoms with Gasteiger partial charge in [-0.25, -0.2) is 8.78 Å². The number of anilines is 1. The number of aryl methyl sites for hydroxylation is 1. The van der Waals surface area contributed by atoms with E-state index in [0.29, 0.717) is 5.56 Å². The van der Waals surface area contributed by atoms with Crippen LogP contribution in [0.4, 0.5) is 14.5 Å². The fourth-order valence-electron chi connectivity index (χ4n) is 1.59. The largest absolute Gasteiger partial charge is 0.508 e. The summed E-state index contributed by atoms with van der Waals surface area (Å²) in [5.74, 6) is -2.65. The van der Waals surface area contributed by atoms with Gasteiger partial charge in [0.1, 0.15) is 5.75 Å². The number of phenols is 1. The molecule has 3 nitrogen and oxygen atoms in total. The Morgan fingerprint density at radius 3 is 2.63 bits per heavy atom. The molecule has 0 saturated carbocycles. The Morgan fingerprint density at radius 2 is 1.95 bits per heavy atom. The number of rotatable bonds is 2. The fraction of sp³-hybridized carbons (Fsp3) is 0.0714. The molecule has 0 aliphatic carbocycles. The molecular weight excluding hydrogens is 252 g/mol. The van der Waals surface area contributed by atoms with Crippen molar-refractivity contribution in [1.82, 2.24) is 0 Å². The molecule has 0 radical (unpaired) electrons. The molecule has 2 rings (SSSR count). The first-order chi connectivity index (χ1) is 8.99. The Hall–Kier alpha value is -2.43. The molecule has 0 aliphatic rings. The summed E-state index contributed by atoms with van der Waals surface area (Å²) in [6, 6.07) is 7.76. The van der Waals surface area contributed by atoms with Gasteiger partial charge in [-0.1, -0.05) is 6.07 Å². The zero-order valence-electron chi connectivity index (χ0n) is 10.1. The maximum absolute atomic E-state index is 13.4.